The fourth-order valence-corrected chi connectivity index (χ4v) is 6.51. The van der Waals surface area contributed by atoms with Crippen LogP contribution in [0.1, 0.15) is 51.4 Å². The number of hydrogen-bond acceptors (Lipinski definition) is 5. The molecule has 5 N–H and O–H groups in total. The smallest absolute Gasteiger partial charge is 0.426 e. The SMILES string of the molecule is N[C@H](C(=O)N1CCC[C@H]1B(O)O)C12CC3CC(O)(CC(F)(C3)C1)C2. The first-order valence-electron chi connectivity index (χ1n) is 8.99. The molecule has 5 fully saturated rings. The van der Waals surface area contributed by atoms with Gasteiger partial charge in [0.1, 0.15) is 5.67 Å². The van der Waals surface area contributed by atoms with E-state index in [2.05, 4.69) is 0 Å². The number of aliphatic hydroxyl groups is 1. The highest BCUT2D eigenvalue weighted by Gasteiger charge is 2.66. The van der Waals surface area contributed by atoms with Gasteiger partial charge in [0, 0.05) is 18.4 Å². The van der Waals surface area contributed by atoms with E-state index < -0.39 is 35.8 Å². The number of nitrogens with zero attached hydrogens (tertiary/aromatic N) is 1. The third-order valence-electron chi connectivity index (χ3n) is 6.87. The van der Waals surface area contributed by atoms with Crippen molar-refractivity contribution in [1.82, 2.24) is 4.90 Å². The lowest BCUT2D eigenvalue weighted by Gasteiger charge is -2.63. The lowest BCUT2D eigenvalue weighted by molar-refractivity contribution is -0.211. The van der Waals surface area contributed by atoms with Gasteiger partial charge in [-0.2, -0.15) is 0 Å². The summed E-state index contributed by atoms with van der Waals surface area (Å²) >= 11 is 0. The normalized spacial score (nSPS) is 48.0. The number of nitrogens with two attached hydrogens (primary N) is 1. The molecule has 134 valence electrons. The highest BCUT2D eigenvalue weighted by atomic mass is 19.1. The predicted octanol–water partition coefficient (Wildman–Crippen LogP) is -0.260. The summed E-state index contributed by atoms with van der Waals surface area (Å²) in [6.45, 7) is 0.444. The van der Waals surface area contributed by atoms with Gasteiger partial charge in [0.25, 0.3) is 0 Å². The second-order valence-electron chi connectivity index (χ2n) is 8.88. The molecule has 0 spiro atoms. The lowest BCUT2D eigenvalue weighted by Crippen LogP contribution is -2.68. The minimum absolute atomic E-state index is 0.0768. The number of hydrogen-bond donors (Lipinski definition) is 4. The van der Waals surface area contributed by atoms with E-state index in [-0.39, 0.29) is 24.7 Å². The molecule has 4 bridgehead atoms. The van der Waals surface area contributed by atoms with Gasteiger partial charge in [0.15, 0.2) is 0 Å². The summed E-state index contributed by atoms with van der Waals surface area (Å²) in [5.41, 5.74) is 3.16. The third kappa shape index (κ3) is 2.42. The maximum atomic E-state index is 15.2. The summed E-state index contributed by atoms with van der Waals surface area (Å²) in [6.07, 6.45) is 3.72. The van der Waals surface area contributed by atoms with Crippen LogP contribution in [0.3, 0.4) is 0 Å². The van der Waals surface area contributed by atoms with Crippen LogP contribution in [-0.4, -0.2) is 62.9 Å². The number of halogens is 1. The number of likely N-dealkylation sites (tertiary alicyclic amines) is 1. The van der Waals surface area contributed by atoms with E-state index in [9.17, 15) is 19.9 Å². The first-order valence-corrected chi connectivity index (χ1v) is 8.99. The highest BCUT2D eigenvalue weighted by molar-refractivity contribution is 6.43. The molecule has 0 aromatic carbocycles. The second-order valence-corrected chi connectivity index (χ2v) is 8.88. The van der Waals surface area contributed by atoms with Gasteiger partial charge in [-0.1, -0.05) is 0 Å². The average Bonchev–Trinajstić information content (AvgIpc) is 2.91. The van der Waals surface area contributed by atoms with E-state index in [1.807, 2.05) is 0 Å². The van der Waals surface area contributed by atoms with Crippen molar-refractivity contribution < 1.29 is 24.3 Å². The molecule has 6 nitrogen and oxygen atoms in total. The Kier molecular flexibility index (Phi) is 3.60. The summed E-state index contributed by atoms with van der Waals surface area (Å²) in [7, 11) is -1.59. The molecule has 1 amide bonds. The van der Waals surface area contributed by atoms with Crippen molar-refractivity contribution in [2.24, 2.45) is 17.1 Å². The number of alkyl halides is 1. The maximum absolute atomic E-state index is 15.2. The summed E-state index contributed by atoms with van der Waals surface area (Å²) in [5, 5.41) is 29.7. The van der Waals surface area contributed by atoms with E-state index in [1.165, 1.54) is 4.90 Å². The van der Waals surface area contributed by atoms with Crippen LogP contribution in [-0.2, 0) is 4.79 Å². The largest absolute Gasteiger partial charge is 0.475 e. The molecule has 0 aromatic heterocycles. The summed E-state index contributed by atoms with van der Waals surface area (Å²) in [5.74, 6) is -0.896. The van der Waals surface area contributed by atoms with E-state index in [4.69, 9.17) is 5.73 Å². The quantitative estimate of drug-likeness (QED) is 0.530. The first kappa shape index (κ1) is 16.8. The van der Waals surface area contributed by atoms with Gasteiger partial charge in [-0.15, -0.1) is 0 Å². The van der Waals surface area contributed by atoms with Crippen LogP contribution < -0.4 is 5.73 Å². The van der Waals surface area contributed by atoms with E-state index in [0.29, 0.717) is 45.1 Å². The molecule has 5 aliphatic rings. The first-order chi connectivity index (χ1) is 11.2. The summed E-state index contributed by atoms with van der Waals surface area (Å²) in [6, 6.07) is -0.901. The van der Waals surface area contributed by atoms with Gasteiger partial charge in [0.2, 0.25) is 5.91 Å². The number of rotatable bonds is 3. The Morgan fingerprint density at radius 3 is 2.62 bits per heavy atom. The van der Waals surface area contributed by atoms with Crippen molar-refractivity contribution in [3.8, 4) is 0 Å². The predicted molar refractivity (Wildman–Crippen MR) is 85.3 cm³/mol. The molecule has 8 heteroatoms. The van der Waals surface area contributed by atoms with Crippen LogP contribution in [0.2, 0.25) is 0 Å². The average molecular weight is 340 g/mol. The van der Waals surface area contributed by atoms with Crippen molar-refractivity contribution in [2.45, 2.75) is 74.6 Å². The zero-order valence-electron chi connectivity index (χ0n) is 13.8. The van der Waals surface area contributed by atoms with E-state index in [0.717, 1.165) is 0 Å². The monoisotopic (exact) mass is 340 g/mol. The minimum Gasteiger partial charge on any atom is -0.426 e. The van der Waals surface area contributed by atoms with E-state index >= 15 is 4.39 Å². The molecule has 0 radical (unpaired) electrons. The van der Waals surface area contributed by atoms with Gasteiger partial charge in [-0.3, -0.25) is 4.79 Å². The topological polar surface area (TPSA) is 107 Å². The minimum atomic E-state index is -1.59. The molecule has 1 heterocycles. The van der Waals surface area contributed by atoms with Crippen LogP contribution in [0.5, 0.6) is 0 Å². The molecule has 4 unspecified atom stereocenters. The van der Waals surface area contributed by atoms with Crippen molar-refractivity contribution in [3.05, 3.63) is 0 Å². The second kappa shape index (κ2) is 5.16. The molecule has 4 aliphatic carbocycles. The van der Waals surface area contributed by atoms with Gasteiger partial charge in [-0.05, 0) is 50.9 Å². The number of carbonyl (C=O) groups excluding carboxylic acids is 1. The van der Waals surface area contributed by atoms with Gasteiger partial charge >= 0.3 is 7.12 Å². The molecule has 5 rings (SSSR count). The lowest BCUT2D eigenvalue weighted by atomic mass is 9.45. The fourth-order valence-electron chi connectivity index (χ4n) is 6.51. The molecule has 6 atom stereocenters. The number of carbonyl (C=O) groups is 1. The Morgan fingerprint density at radius 2 is 2.00 bits per heavy atom. The molecule has 0 aromatic rings. The maximum Gasteiger partial charge on any atom is 0.475 e. The molecule has 4 saturated carbocycles. The third-order valence-corrected chi connectivity index (χ3v) is 6.87. The molecule has 1 aliphatic heterocycles. The van der Waals surface area contributed by atoms with E-state index in [1.54, 1.807) is 0 Å². The van der Waals surface area contributed by atoms with Crippen LogP contribution in [0.25, 0.3) is 0 Å². The van der Waals surface area contributed by atoms with Crippen LogP contribution in [0.4, 0.5) is 4.39 Å². The number of amides is 1. The van der Waals surface area contributed by atoms with Crippen LogP contribution >= 0.6 is 0 Å². The molecule has 24 heavy (non-hydrogen) atoms. The summed E-state index contributed by atoms with van der Waals surface area (Å²) in [4.78, 5) is 14.4. The van der Waals surface area contributed by atoms with Gasteiger partial charge in [-0.25, -0.2) is 4.39 Å². The standard InChI is InChI=1S/C16H26BFN2O4/c18-15-5-10-4-14(7-15,8-16(22,6-10)9-15)12(19)13(21)20-3-1-2-11(20)17(23)24/h10-12,22-24H,1-9,19H2/t10?,11-,12+,14?,15?,16?/m0/s1. The van der Waals surface area contributed by atoms with Crippen molar-refractivity contribution in [1.29, 1.82) is 0 Å². The Hall–Kier alpha value is -0.695. The van der Waals surface area contributed by atoms with Crippen LogP contribution in [0, 0.1) is 11.3 Å². The van der Waals surface area contributed by atoms with Gasteiger partial charge < -0.3 is 25.8 Å². The van der Waals surface area contributed by atoms with Crippen molar-refractivity contribution >= 4 is 13.0 Å². The van der Waals surface area contributed by atoms with Crippen molar-refractivity contribution in [2.75, 3.05) is 6.54 Å². The van der Waals surface area contributed by atoms with Gasteiger partial charge in [0.05, 0.1) is 17.6 Å². The Balaban J connectivity index is 1.60. The van der Waals surface area contributed by atoms with Crippen molar-refractivity contribution in [3.63, 3.8) is 0 Å². The highest BCUT2D eigenvalue weighted by Crippen LogP contribution is 2.65. The Labute approximate surface area is 141 Å². The zero-order chi connectivity index (χ0) is 17.3. The molecular formula is C16H26BFN2O4. The van der Waals surface area contributed by atoms with Crippen LogP contribution in [0.15, 0.2) is 0 Å². The Bertz CT molecular complexity index is 544. The molecular weight excluding hydrogens is 314 g/mol. The Morgan fingerprint density at radius 1 is 1.25 bits per heavy atom. The fraction of sp³-hybridized carbons (Fsp3) is 0.938. The summed E-state index contributed by atoms with van der Waals surface area (Å²) < 4.78 is 15.2. The molecule has 1 saturated heterocycles. The zero-order valence-corrected chi connectivity index (χ0v) is 13.8.